The van der Waals surface area contributed by atoms with Crippen LogP contribution in [0.25, 0.3) is 0 Å². The zero-order valence-corrected chi connectivity index (χ0v) is 18.6. The van der Waals surface area contributed by atoms with Gasteiger partial charge in [-0.25, -0.2) is 9.78 Å². The molecule has 164 valence electrons. The van der Waals surface area contributed by atoms with E-state index in [1.165, 1.54) is 11.1 Å². The van der Waals surface area contributed by atoms with Crippen LogP contribution in [0.3, 0.4) is 0 Å². The van der Waals surface area contributed by atoms with Gasteiger partial charge in [0.05, 0.1) is 13.2 Å². The van der Waals surface area contributed by atoms with E-state index in [4.69, 9.17) is 4.74 Å². The summed E-state index contributed by atoms with van der Waals surface area (Å²) >= 11 is 1.66. The lowest BCUT2D eigenvalue weighted by atomic mass is 9.85. The Morgan fingerprint density at radius 2 is 1.87 bits per heavy atom. The van der Waals surface area contributed by atoms with E-state index in [1.54, 1.807) is 23.3 Å². The number of thiazole rings is 1. The number of ether oxygens (including phenoxy) is 1. The molecule has 3 heterocycles. The van der Waals surface area contributed by atoms with Gasteiger partial charge in [-0.2, -0.15) is 0 Å². The molecule has 1 aromatic carbocycles. The first kappa shape index (κ1) is 20.6. The highest BCUT2D eigenvalue weighted by atomic mass is 32.1. The van der Waals surface area contributed by atoms with Crippen LogP contribution in [0.4, 0.5) is 4.79 Å². The number of piperidine rings is 1. The van der Waals surface area contributed by atoms with Gasteiger partial charge in [-0.15, -0.1) is 11.3 Å². The highest BCUT2D eigenvalue weighted by Gasteiger charge is 2.59. The van der Waals surface area contributed by atoms with E-state index in [0.717, 1.165) is 37.5 Å². The lowest BCUT2D eigenvalue weighted by Crippen LogP contribution is -2.57. The Morgan fingerprint density at radius 1 is 1.16 bits per heavy atom. The molecular formula is C23H28N4O3S. The molecule has 0 atom stereocenters. The quantitative estimate of drug-likeness (QED) is 0.646. The average Bonchev–Trinajstić information content (AvgIpc) is 3.48. The fraction of sp³-hybridized carbons (Fsp3) is 0.522. The van der Waals surface area contributed by atoms with Gasteiger partial charge in [0.1, 0.15) is 10.5 Å². The predicted octanol–water partition coefficient (Wildman–Crippen LogP) is 2.56. The molecule has 3 amide bonds. The summed E-state index contributed by atoms with van der Waals surface area (Å²) in [7, 11) is 1.64. The van der Waals surface area contributed by atoms with Crippen LogP contribution in [-0.2, 0) is 28.9 Å². The van der Waals surface area contributed by atoms with Gasteiger partial charge in [-0.1, -0.05) is 24.3 Å². The molecular weight excluding hydrogens is 412 g/mol. The third-order valence-electron chi connectivity index (χ3n) is 7.01. The molecule has 2 fully saturated rings. The first-order chi connectivity index (χ1) is 15.1. The maximum absolute atomic E-state index is 13.8. The molecule has 0 unspecified atom stereocenters. The number of hydrogen-bond acceptors (Lipinski definition) is 6. The summed E-state index contributed by atoms with van der Waals surface area (Å²) in [5.74, 6) is -0.0136. The van der Waals surface area contributed by atoms with Crippen molar-refractivity contribution in [2.45, 2.75) is 43.8 Å². The normalized spacial score (nSPS) is 21.5. The van der Waals surface area contributed by atoms with Gasteiger partial charge in [0.15, 0.2) is 0 Å². The number of imide groups is 1. The highest BCUT2D eigenvalue weighted by molar-refractivity contribution is 7.09. The van der Waals surface area contributed by atoms with Gasteiger partial charge in [-0.3, -0.25) is 14.6 Å². The van der Waals surface area contributed by atoms with Crippen LogP contribution in [0, 0.1) is 0 Å². The molecule has 0 radical (unpaired) electrons. The molecule has 2 aliphatic heterocycles. The molecule has 5 rings (SSSR count). The number of fused-ring (bicyclic) bond motifs is 1. The first-order valence-electron chi connectivity index (χ1n) is 10.9. The molecule has 1 aromatic heterocycles. The van der Waals surface area contributed by atoms with Crippen molar-refractivity contribution in [2.75, 3.05) is 33.4 Å². The SMILES string of the molecule is COCCN1C(=O)N(C2Cc3ccccc3C2)C(=O)C12CCN(Cc1nccs1)CC2. The number of urea groups is 1. The fourth-order valence-electron chi connectivity index (χ4n) is 5.36. The van der Waals surface area contributed by atoms with E-state index >= 15 is 0 Å². The van der Waals surface area contributed by atoms with Crippen LogP contribution < -0.4 is 0 Å². The van der Waals surface area contributed by atoms with Gasteiger partial charge in [-0.05, 0) is 36.8 Å². The minimum absolute atomic E-state index is 0.0136. The van der Waals surface area contributed by atoms with E-state index in [9.17, 15) is 9.59 Å². The third kappa shape index (κ3) is 3.56. The third-order valence-corrected chi connectivity index (χ3v) is 7.77. The summed E-state index contributed by atoms with van der Waals surface area (Å²) in [4.78, 5) is 37.5. The van der Waals surface area contributed by atoms with E-state index in [2.05, 4.69) is 22.0 Å². The summed E-state index contributed by atoms with van der Waals surface area (Å²) < 4.78 is 5.28. The molecule has 3 aliphatic rings. The van der Waals surface area contributed by atoms with Crippen molar-refractivity contribution in [3.63, 3.8) is 0 Å². The van der Waals surface area contributed by atoms with E-state index < -0.39 is 5.54 Å². The smallest absolute Gasteiger partial charge is 0.328 e. The molecule has 0 N–H and O–H groups in total. The molecule has 31 heavy (non-hydrogen) atoms. The van der Waals surface area contributed by atoms with Gasteiger partial charge >= 0.3 is 6.03 Å². The molecule has 0 saturated carbocycles. The monoisotopic (exact) mass is 440 g/mol. The molecule has 2 saturated heterocycles. The van der Waals surface area contributed by atoms with Crippen LogP contribution in [0.5, 0.6) is 0 Å². The van der Waals surface area contributed by atoms with Crippen LogP contribution in [0.1, 0.15) is 29.0 Å². The number of methoxy groups -OCH3 is 1. The number of rotatable bonds is 6. The summed E-state index contributed by atoms with van der Waals surface area (Å²) in [6.45, 7) is 3.24. The number of amides is 3. The largest absolute Gasteiger partial charge is 0.383 e. The zero-order chi connectivity index (χ0) is 21.4. The number of hydrogen-bond donors (Lipinski definition) is 0. The second-order valence-corrected chi connectivity index (χ2v) is 9.65. The number of aromatic nitrogens is 1. The number of likely N-dealkylation sites (tertiary alicyclic amines) is 1. The van der Waals surface area contributed by atoms with Crippen LogP contribution in [0.15, 0.2) is 35.8 Å². The van der Waals surface area contributed by atoms with Crippen molar-refractivity contribution in [3.05, 3.63) is 52.0 Å². The summed E-state index contributed by atoms with van der Waals surface area (Å²) in [6, 6.07) is 8.04. The van der Waals surface area contributed by atoms with Gasteiger partial charge in [0, 0.05) is 44.4 Å². The van der Waals surface area contributed by atoms with Crippen LogP contribution >= 0.6 is 11.3 Å². The lowest BCUT2D eigenvalue weighted by molar-refractivity contribution is -0.137. The molecule has 1 aliphatic carbocycles. The first-order valence-corrected chi connectivity index (χ1v) is 11.8. The summed E-state index contributed by atoms with van der Waals surface area (Å²) in [5, 5.41) is 3.08. The van der Waals surface area contributed by atoms with E-state index in [1.807, 2.05) is 28.6 Å². The minimum Gasteiger partial charge on any atom is -0.383 e. The lowest BCUT2D eigenvalue weighted by Gasteiger charge is -2.42. The molecule has 8 heteroatoms. The molecule has 2 aromatic rings. The van der Waals surface area contributed by atoms with E-state index in [0.29, 0.717) is 26.0 Å². The van der Waals surface area contributed by atoms with Crippen molar-refractivity contribution in [1.82, 2.24) is 19.7 Å². The Labute approximate surface area is 186 Å². The topological polar surface area (TPSA) is 66.0 Å². The Kier molecular flexibility index (Phi) is 5.54. The van der Waals surface area contributed by atoms with Crippen molar-refractivity contribution < 1.29 is 14.3 Å². The van der Waals surface area contributed by atoms with Crippen LogP contribution in [-0.4, -0.2) is 76.6 Å². The maximum Gasteiger partial charge on any atom is 0.328 e. The van der Waals surface area contributed by atoms with Crippen molar-refractivity contribution >= 4 is 23.3 Å². The van der Waals surface area contributed by atoms with Crippen LogP contribution in [0.2, 0.25) is 0 Å². The van der Waals surface area contributed by atoms with Gasteiger partial charge in [0.25, 0.3) is 5.91 Å². The number of nitrogens with zero attached hydrogens (tertiary/aromatic N) is 4. The highest BCUT2D eigenvalue weighted by Crippen LogP contribution is 2.40. The standard InChI is InChI=1S/C23H28N4O3S/c1-30-12-11-26-22(29)27(19-14-17-4-2-3-5-18(17)15-19)21(28)23(26)6-9-25(10-7-23)16-20-24-8-13-31-20/h2-5,8,13,19H,6-7,9-12,14-16H2,1H3. The molecule has 7 nitrogen and oxygen atoms in total. The Hall–Kier alpha value is -2.29. The average molecular weight is 441 g/mol. The van der Waals surface area contributed by atoms with Gasteiger partial charge in [0.2, 0.25) is 0 Å². The van der Waals surface area contributed by atoms with E-state index in [-0.39, 0.29) is 18.0 Å². The van der Waals surface area contributed by atoms with Crippen molar-refractivity contribution in [1.29, 1.82) is 0 Å². The molecule has 1 spiro atoms. The second-order valence-electron chi connectivity index (χ2n) is 8.67. The fourth-order valence-corrected chi connectivity index (χ4v) is 6.02. The Bertz CT molecular complexity index is 930. The maximum atomic E-state index is 13.8. The predicted molar refractivity (Wildman–Crippen MR) is 118 cm³/mol. The minimum atomic E-state index is -0.746. The summed E-state index contributed by atoms with van der Waals surface area (Å²) in [6.07, 6.45) is 4.64. The number of carbonyl (C=O) groups excluding carboxylic acids is 2. The Morgan fingerprint density at radius 3 is 2.48 bits per heavy atom. The van der Waals surface area contributed by atoms with Crippen molar-refractivity contribution in [2.24, 2.45) is 0 Å². The number of carbonyl (C=O) groups is 2. The van der Waals surface area contributed by atoms with Crippen molar-refractivity contribution in [3.8, 4) is 0 Å². The zero-order valence-electron chi connectivity index (χ0n) is 17.8. The second kappa shape index (κ2) is 8.33. The molecule has 0 bridgehead atoms. The number of benzene rings is 1. The summed E-state index contributed by atoms with van der Waals surface area (Å²) in [5.41, 5.74) is 1.75. The Balaban J connectivity index is 1.36. The van der Waals surface area contributed by atoms with Gasteiger partial charge < -0.3 is 9.64 Å².